The first-order chi connectivity index (χ1) is 12.6. The molecule has 5 nitrogen and oxygen atoms in total. The van der Waals surface area contributed by atoms with Crippen molar-refractivity contribution in [1.82, 2.24) is 19.2 Å². The number of allylic oxidation sites excluding steroid dienone is 1. The minimum absolute atomic E-state index is 0.135. The Morgan fingerprint density at radius 1 is 1.35 bits per heavy atom. The summed E-state index contributed by atoms with van der Waals surface area (Å²) in [6.07, 6.45) is 4.55. The lowest BCUT2D eigenvalue weighted by molar-refractivity contribution is 0.697. The highest BCUT2D eigenvalue weighted by Gasteiger charge is 2.24. The Balaban J connectivity index is 1.91. The fourth-order valence-electron chi connectivity index (χ4n) is 3.70. The van der Waals surface area contributed by atoms with Gasteiger partial charge in [0.15, 0.2) is 11.5 Å². The lowest BCUT2D eigenvalue weighted by atomic mass is 9.97. The van der Waals surface area contributed by atoms with E-state index in [0.29, 0.717) is 18.0 Å². The lowest BCUT2D eigenvalue weighted by Gasteiger charge is -2.11. The average Bonchev–Trinajstić information content (AvgIpc) is 3.34. The molecule has 0 saturated carbocycles. The van der Waals surface area contributed by atoms with Crippen molar-refractivity contribution in [1.29, 1.82) is 0 Å². The summed E-state index contributed by atoms with van der Waals surface area (Å²) in [6.45, 7) is 6.47. The number of aryl methyl sites for hydroxylation is 2. The summed E-state index contributed by atoms with van der Waals surface area (Å²) >= 11 is 3.34. The second-order valence-corrected chi connectivity index (χ2v) is 8.90. The summed E-state index contributed by atoms with van der Waals surface area (Å²) in [4.78, 5) is 21.3. The van der Waals surface area contributed by atoms with E-state index in [1.54, 1.807) is 22.7 Å². The Labute approximate surface area is 158 Å². The number of fused-ring (bicyclic) bond motifs is 5. The van der Waals surface area contributed by atoms with Crippen molar-refractivity contribution in [3.05, 3.63) is 50.6 Å². The van der Waals surface area contributed by atoms with Crippen LogP contribution in [0.3, 0.4) is 0 Å². The smallest absolute Gasteiger partial charge is 0.279 e. The minimum atomic E-state index is -0.135. The molecule has 0 aromatic carbocycles. The van der Waals surface area contributed by atoms with Crippen molar-refractivity contribution in [3.8, 4) is 10.7 Å². The van der Waals surface area contributed by atoms with Gasteiger partial charge in [-0.05, 0) is 49.6 Å². The van der Waals surface area contributed by atoms with E-state index < -0.39 is 0 Å². The van der Waals surface area contributed by atoms with Gasteiger partial charge in [0.2, 0.25) is 0 Å². The SMILES string of the molecule is C=C(C)Cn1c(=O)n2nc(-c3cccs3)nc2c2c3c(sc21)CCCC3. The largest absolute Gasteiger partial charge is 0.352 e. The maximum absolute atomic E-state index is 13.2. The van der Waals surface area contributed by atoms with Crippen molar-refractivity contribution in [2.75, 3.05) is 0 Å². The third-order valence-corrected chi connectivity index (χ3v) is 6.99. The summed E-state index contributed by atoms with van der Waals surface area (Å²) in [6, 6.07) is 3.97. The van der Waals surface area contributed by atoms with Crippen molar-refractivity contribution >= 4 is 38.5 Å². The summed E-state index contributed by atoms with van der Waals surface area (Å²) in [5, 5.41) is 7.67. The molecule has 26 heavy (non-hydrogen) atoms. The summed E-state index contributed by atoms with van der Waals surface area (Å²) in [5.41, 5.74) is 2.88. The molecule has 5 rings (SSSR count). The molecule has 0 saturated heterocycles. The van der Waals surface area contributed by atoms with Gasteiger partial charge >= 0.3 is 5.69 Å². The molecule has 0 spiro atoms. The van der Waals surface area contributed by atoms with Gasteiger partial charge in [0, 0.05) is 11.4 Å². The van der Waals surface area contributed by atoms with Gasteiger partial charge in [0.1, 0.15) is 4.83 Å². The monoisotopic (exact) mass is 382 g/mol. The maximum Gasteiger partial charge on any atom is 0.352 e. The Morgan fingerprint density at radius 2 is 2.19 bits per heavy atom. The highest BCUT2D eigenvalue weighted by molar-refractivity contribution is 7.19. The molecule has 0 bridgehead atoms. The summed E-state index contributed by atoms with van der Waals surface area (Å²) < 4.78 is 3.31. The molecule has 0 amide bonds. The van der Waals surface area contributed by atoms with Crippen LogP contribution in [0.4, 0.5) is 0 Å². The zero-order valence-corrected chi connectivity index (χ0v) is 16.1. The van der Waals surface area contributed by atoms with Crippen molar-refractivity contribution < 1.29 is 0 Å². The molecule has 0 aliphatic heterocycles. The molecule has 0 atom stereocenters. The summed E-state index contributed by atoms with van der Waals surface area (Å²) in [7, 11) is 0. The number of aromatic nitrogens is 4. The van der Waals surface area contributed by atoms with Gasteiger partial charge in [0.05, 0.1) is 10.3 Å². The van der Waals surface area contributed by atoms with Crippen LogP contribution in [0.15, 0.2) is 34.5 Å². The molecule has 132 valence electrons. The van der Waals surface area contributed by atoms with Crippen molar-refractivity contribution in [2.24, 2.45) is 0 Å². The van der Waals surface area contributed by atoms with Gasteiger partial charge in [-0.15, -0.1) is 27.8 Å². The second kappa shape index (κ2) is 5.89. The van der Waals surface area contributed by atoms with E-state index >= 15 is 0 Å². The molecule has 4 aromatic rings. The van der Waals surface area contributed by atoms with E-state index in [1.807, 2.05) is 29.0 Å². The number of thiophene rings is 2. The fraction of sp³-hybridized carbons (Fsp3) is 0.316. The Morgan fingerprint density at radius 3 is 2.96 bits per heavy atom. The predicted molar refractivity (Wildman–Crippen MR) is 107 cm³/mol. The van der Waals surface area contributed by atoms with Crippen molar-refractivity contribution in [3.63, 3.8) is 0 Å². The van der Waals surface area contributed by atoms with Gasteiger partial charge in [-0.3, -0.25) is 4.57 Å². The second-order valence-electron chi connectivity index (χ2n) is 6.86. The molecule has 0 N–H and O–H groups in total. The number of nitrogens with zero attached hydrogens (tertiary/aromatic N) is 4. The standard InChI is InChI=1S/C19H18N4OS2/c1-11(2)10-22-18-15(12-6-3-4-7-13(12)26-18)17-20-16(14-8-5-9-25-14)21-23(17)19(22)24/h5,8-9H,1,3-4,6-7,10H2,2H3. The normalized spacial score (nSPS) is 14.2. The zero-order chi connectivity index (χ0) is 17.8. The van der Waals surface area contributed by atoms with E-state index in [9.17, 15) is 4.79 Å². The molecule has 0 unspecified atom stereocenters. The van der Waals surface area contributed by atoms with Crippen LogP contribution in [0.5, 0.6) is 0 Å². The third kappa shape index (κ3) is 2.30. The molecule has 0 radical (unpaired) electrons. The number of hydrogen-bond donors (Lipinski definition) is 0. The first-order valence-corrected chi connectivity index (χ1v) is 10.4. The van der Waals surface area contributed by atoms with Crippen LogP contribution in [0.25, 0.3) is 26.6 Å². The van der Waals surface area contributed by atoms with Crippen LogP contribution < -0.4 is 5.69 Å². The Bertz CT molecular complexity index is 1210. The van der Waals surface area contributed by atoms with E-state index in [1.165, 1.54) is 27.8 Å². The molecule has 0 fully saturated rings. The van der Waals surface area contributed by atoms with Gasteiger partial charge in [-0.1, -0.05) is 18.2 Å². The first kappa shape index (κ1) is 16.0. The van der Waals surface area contributed by atoms with Crippen LogP contribution in [0.1, 0.15) is 30.2 Å². The Kier molecular flexibility index (Phi) is 3.62. The van der Waals surface area contributed by atoms with Gasteiger partial charge < -0.3 is 0 Å². The van der Waals surface area contributed by atoms with Crippen LogP contribution in [-0.2, 0) is 19.4 Å². The van der Waals surface area contributed by atoms with Crippen LogP contribution in [0, 0.1) is 0 Å². The molecule has 1 aliphatic rings. The molecular formula is C19H18N4OS2. The topological polar surface area (TPSA) is 52.2 Å². The Hall–Kier alpha value is -2.25. The summed E-state index contributed by atoms with van der Waals surface area (Å²) in [5.74, 6) is 0.627. The van der Waals surface area contributed by atoms with E-state index in [-0.39, 0.29) is 5.69 Å². The number of hydrogen-bond acceptors (Lipinski definition) is 5. The highest BCUT2D eigenvalue weighted by atomic mass is 32.1. The van der Waals surface area contributed by atoms with Crippen molar-refractivity contribution in [2.45, 2.75) is 39.2 Å². The number of rotatable bonds is 3. The quantitative estimate of drug-likeness (QED) is 0.497. The average molecular weight is 383 g/mol. The maximum atomic E-state index is 13.2. The highest BCUT2D eigenvalue weighted by Crippen LogP contribution is 2.38. The molecule has 4 aromatic heterocycles. The fourth-order valence-corrected chi connectivity index (χ4v) is 5.73. The molecule has 1 aliphatic carbocycles. The van der Waals surface area contributed by atoms with E-state index in [4.69, 9.17) is 4.98 Å². The third-order valence-electron chi connectivity index (χ3n) is 4.81. The molecule has 4 heterocycles. The van der Waals surface area contributed by atoms with Crippen LogP contribution in [-0.4, -0.2) is 19.2 Å². The van der Waals surface area contributed by atoms with Gasteiger partial charge in [0.25, 0.3) is 0 Å². The van der Waals surface area contributed by atoms with Gasteiger partial charge in [-0.2, -0.15) is 4.52 Å². The molecule has 7 heteroatoms. The first-order valence-electron chi connectivity index (χ1n) is 8.75. The van der Waals surface area contributed by atoms with Crippen LogP contribution in [0.2, 0.25) is 0 Å². The lowest BCUT2D eigenvalue weighted by Crippen LogP contribution is -2.27. The minimum Gasteiger partial charge on any atom is -0.279 e. The predicted octanol–water partition coefficient (Wildman–Crippen LogP) is 4.29. The molecular weight excluding hydrogens is 364 g/mol. The van der Waals surface area contributed by atoms with Gasteiger partial charge in [-0.25, -0.2) is 9.78 Å². The van der Waals surface area contributed by atoms with E-state index in [0.717, 1.165) is 33.5 Å². The van der Waals surface area contributed by atoms with E-state index in [2.05, 4.69) is 11.7 Å². The van der Waals surface area contributed by atoms with Crippen LogP contribution >= 0.6 is 22.7 Å². The zero-order valence-electron chi connectivity index (χ0n) is 14.5.